The van der Waals surface area contributed by atoms with E-state index < -0.39 is 82.5 Å². The summed E-state index contributed by atoms with van der Waals surface area (Å²) >= 11 is 0. The predicted octanol–water partition coefficient (Wildman–Crippen LogP) is 0.775. The second kappa shape index (κ2) is 6.79. The fraction of sp³-hybridized carbons (Fsp3) is 0.593. The number of rotatable bonds is 3. The van der Waals surface area contributed by atoms with Crippen molar-refractivity contribution in [2.45, 2.75) is 76.7 Å². The Bertz CT molecular complexity index is 1280. The van der Waals surface area contributed by atoms with Crippen LogP contribution in [0.15, 0.2) is 41.5 Å². The fourth-order valence-electron chi connectivity index (χ4n) is 8.73. The predicted molar refractivity (Wildman–Crippen MR) is 121 cm³/mol. The highest BCUT2D eigenvalue weighted by atomic mass is 16.8. The molecule has 4 aliphatic heterocycles. The lowest BCUT2D eigenvalue weighted by molar-refractivity contribution is -0.195. The molecule has 10 atom stereocenters. The van der Waals surface area contributed by atoms with Crippen molar-refractivity contribution < 1.29 is 48.3 Å². The molecule has 1 aromatic rings. The summed E-state index contributed by atoms with van der Waals surface area (Å²) in [4.78, 5) is 39.8. The number of carbonyl (C=O) groups excluding carboxylic acids is 3. The number of aliphatic hydroxyl groups excluding tert-OH is 2. The summed E-state index contributed by atoms with van der Waals surface area (Å²) in [6.45, 7) is 7.24. The standard InChI is InChI=1S/C27H28O10/c1-11-13-15(34-20(11)30)17(29)26-18-14(28)16(24(2,3)4)25(26)19(33-10-12-8-6-5-7-9-12)21(31)36-23(25)37-27(13,26)22(32)35-18/h5-9,14-19,23,28-29H,10H2,1-4H3/t14-,15+,16+,17+,18-,19+,23+,25+,26-,27+/m1/s1. The maximum absolute atomic E-state index is 13.7. The van der Waals surface area contributed by atoms with Crippen molar-refractivity contribution >= 4 is 17.9 Å². The molecule has 4 heterocycles. The third kappa shape index (κ3) is 2.20. The Morgan fingerprint density at radius 3 is 2.41 bits per heavy atom. The fourth-order valence-corrected chi connectivity index (χ4v) is 8.73. The zero-order valence-electron chi connectivity index (χ0n) is 20.8. The number of ether oxygens (including phenoxy) is 5. The van der Waals surface area contributed by atoms with Gasteiger partial charge < -0.3 is 33.9 Å². The van der Waals surface area contributed by atoms with Crippen LogP contribution in [0.5, 0.6) is 0 Å². The molecule has 2 N–H and O–H groups in total. The molecular formula is C27H28O10. The Hall–Kier alpha value is -2.79. The van der Waals surface area contributed by atoms with Crippen LogP contribution in [0.2, 0.25) is 0 Å². The van der Waals surface area contributed by atoms with Gasteiger partial charge in [-0.05, 0) is 17.9 Å². The van der Waals surface area contributed by atoms with E-state index in [1.165, 1.54) is 6.92 Å². The van der Waals surface area contributed by atoms with Gasteiger partial charge in [0.1, 0.15) is 12.2 Å². The molecule has 2 saturated carbocycles. The number of esters is 3. The Labute approximate surface area is 212 Å². The first-order valence-corrected chi connectivity index (χ1v) is 12.5. The molecule has 3 saturated heterocycles. The molecule has 0 unspecified atom stereocenters. The average Bonchev–Trinajstić information content (AvgIpc) is 3.55. The first-order chi connectivity index (χ1) is 17.5. The highest BCUT2D eigenvalue weighted by Gasteiger charge is 3.01. The minimum Gasteiger partial charge on any atom is -0.456 e. The highest BCUT2D eigenvalue weighted by molar-refractivity contribution is 6.00. The van der Waals surface area contributed by atoms with E-state index >= 15 is 0 Å². The van der Waals surface area contributed by atoms with E-state index in [9.17, 15) is 24.6 Å². The summed E-state index contributed by atoms with van der Waals surface area (Å²) in [6, 6.07) is 9.25. The van der Waals surface area contributed by atoms with Crippen LogP contribution in [0.25, 0.3) is 0 Å². The summed E-state index contributed by atoms with van der Waals surface area (Å²) in [6.07, 6.45) is -7.86. The number of hydrogen-bond acceptors (Lipinski definition) is 10. The van der Waals surface area contributed by atoms with Crippen molar-refractivity contribution in [1.82, 2.24) is 0 Å². The molecule has 10 heteroatoms. The van der Waals surface area contributed by atoms with Gasteiger partial charge in [-0.3, -0.25) is 0 Å². The van der Waals surface area contributed by atoms with Gasteiger partial charge in [-0.1, -0.05) is 51.1 Å². The zero-order valence-corrected chi connectivity index (χ0v) is 20.8. The monoisotopic (exact) mass is 512 g/mol. The average molecular weight is 513 g/mol. The van der Waals surface area contributed by atoms with Gasteiger partial charge in [-0.2, -0.15) is 0 Å². The molecule has 1 aromatic carbocycles. The topological polar surface area (TPSA) is 138 Å². The lowest BCUT2D eigenvalue weighted by Crippen LogP contribution is -2.63. The largest absolute Gasteiger partial charge is 0.456 e. The van der Waals surface area contributed by atoms with Crippen LogP contribution in [0.4, 0.5) is 0 Å². The Morgan fingerprint density at radius 2 is 1.73 bits per heavy atom. The summed E-state index contributed by atoms with van der Waals surface area (Å²) < 4.78 is 29.9. The van der Waals surface area contributed by atoms with Gasteiger partial charge in [0.15, 0.2) is 12.2 Å². The van der Waals surface area contributed by atoms with E-state index in [-0.39, 0.29) is 17.8 Å². The number of aliphatic hydroxyl groups is 2. The molecule has 37 heavy (non-hydrogen) atoms. The maximum atomic E-state index is 13.7. The second-order valence-corrected chi connectivity index (χ2v) is 12.0. The van der Waals surface area contributed by atoms with Crippen molar-refractivity contribution in [2.75, 3.05) is 0 Å². The molecule has 0 amide bonds. The normalized spacial score (nSPS) is 47.0. The van der Waals surface area contributed by atoms with Gasteiger partial charge in [0.2, 0.25) is 11.9 Å². The van der Waals surface area contributed by atoms with Gasteiger partial charge in [0.25, 0.3) is 0 Å². The summed E-state index contributed by atoms with van der Waals surface area (Å²) in [5.74, 6) is -2.99. The van der Waals surface area contributed by atoms with Crippen LogP contribution in [0.1, 0.15) is 33.3 Å². The van der Waals surface area contributed by atoms with Gasteiger partial charge >= 0.3 is 17.9 Å². The number of fused-ring (bicyclic) bond motifs is 1. The van der Waals surface area contributed by atoms with Crippen LogP contribution in [0.3, 0.4) is 0 Å². The van der Waals surface area contributed by atoms with Gasteiger partial charge in [-0.25, -0.2) is 14.4 Å². The van der Waals surface area contributed by atoms with Crippen molar-refractivity contribution in [3.8, 4) is 0 Å². The third-order valence-electron chi connectivity index (χ3n) is 9.53. The lowest BCUT2D eigenvalue weighted by atomic mass is 9.51. The molecule has 0 bridgehead atoms. The van der Waals surface area contributed by atoms with E-state index in [0.29, 0.717) is 0 Å². The van der Waals surface area contributed by atoms with Crippen LogP contribution >= 0.6 is 0 Å². The van der Waals surface area contributed by atoms with E-state index in [4.69, 9.17) is 23.7 Å². The summed E-state index contributed by atoms with van der Waals surface area (Å²) in [5, 5.41) is 23.8. The minimum absolute atomic E-state index is 0.0425. The van der Waals surface area contributed by atoms with Gasteiger partial charge in [0, 0.05) is 17.1 Å². The zero-order chi connectivity index (χ0) is 26.3. The molecule has 6 aliphatic rings. The smallest absolute Gasteiger partial charge is 0.344 e. The summed E-state index contributed by atoms with van der Waals surface area (Å²) in [7, 11) is 0. The van der Waals surface area contributed by atoms with Crippen molar-refractivity contribution in [3.05, 3.63) is 47.0 Å². The van der Waals surface area contributed by atoms with Crippen molar-refractivity contribution in [3.63, 3.8) is 0 Å². The van der Waals surface area contributed by atoms with Gasteiger partial charge in [0.05, 0.1) is 23.5 Å². The quantitative estimate of drug-likeness (QED) is 0.441. The molecule has 7 rings (SSSR count). The molecule has 196 valence electrons. The molecule has 0 radical (unpaired) electrons. The first-order valence-electron chi connectivity index (χ1n) is 12.5. The molecule has 5 fully saturated rings. The van der Waals surface area contributed by atoms with E-state index in [0.717, 1.165) is 5.56 Å². The Morgan fingerprint density at radius 1 is 1.03 bits per heavy atom. The van der Waals surface area contributed by atoms with Crippen molar-refractivity contribution in [2.24, 2.45) is 22.2 Å². The Balaban J connectivity index is 1.50. The number of hydrogen-bond donors (Lipinski definition) is 2. The molecule has 2 aliphatic carbocycles. The van der Waals surface area contributed by atoms with E-state index in [1.54, 1.807) is 0 Å². The third-order valence-corrected chi connectivity index (χ3v) is 9.53. The molecular weight excluding hydrogens is 484 g/mol. The van der Waals surface area contributed by atoms with Crippen LogP contribution in [-0.2, 0) is 44.7 Å². The maximum Gasteiger partial charge on any atom is 0.344 e. The molecule has 10 nitrogen and oxygen atoms in total. The van der Waals surface area contributed by atoms with E-state index in [1.807, 2.05) is 51.1 Å². The second-order valence-electron chi connectivity index (χ2n) is 12.0. The van der Waals surface area contributed by atoms with Crippen LogP contribution < -0.4 is 0 Å². The SMILES string of the molecule is CC1=C2[C@H](OC1=O)[C@H](O)[C@]13[C@@H]4OC(=O)[C@@]21O[C@@H]1OC(=O)[C@H](OCc2ccccc2)[C@@]13[C@H](C(C)(C)C)[C@H]4O. The lowest BCUT2D eigenvalue weighted by Gasteiger charge is -2.48. The number of carbonyl (C=O) groups is 3. The molecule has 0 aromatic heterocycles. The number of benzene rings is 1. The first kappa shape index (κ1) is 23.3. The van der Waals surface area contributed by atoms with E-state index in [2.05, 4.69) is 0 Å². The van der Waals surface area contributed by atoms with Crippen LogP contribution in [0, 0.1) is 22.2 Å². The van der Waals surface area contributed by atoms with Crippen molar-refractivity contribution in [1.29, 1.82) is 0 Å². The van der Waals surface area contributed by atoms with Crippen LogP contribution in [-0.4, -0.2) is 70.5 Å². The minimum atomic E-state index is -1.97. The highest BCUT2D eigenvalue weighted by Crippen LogP contribution is 2.83. The summed E-state index contributed by atoms with van der Waals surface area (Å²) in [5.41, 5.74) is -4.77. The Kier molecular flexibility index (Phi) is 4.29. The molecule has 2 spiro atoms. The van der Waals surface area contributed by atoms with Gasteiger partial charge in [-0.15, -0.1) is 0 Å².